The SMILES string of the molecule is O=C(OCCC1CCCCC1)c1c(SOO[O-])ccc([N+](=O)[O-])c1C(=O)OCCC1CCCCC1. The van der Waals surface area contributed by atoms with E-state index in [0.717, 1.165) is 57.4 Å². The molecule has 2 aliphatic carbocycles. The zero-order valence-electron chi connectivity index (χ0n) is 19.7. The van der Waals surface area contributed by atoms with Crippen molar-refractivity contribution >= 4 is 29.7 Å². The summed E-state index contributed by atoms with van der Waals surface area (Å²) in [5, 5.41) is 25.4. The number of rotatable bonds is 12. The van der Waals surface area contributed by atoms with Crippen LogP contribution in [0.4, 0.5) is 5.69 Å². The van der Waals surface area contributed by atoms with Gasteiger partial charge in [0.2, 0.25) is 0 Å². The third-order valence-electron chi connectivity index (χ3n) is 6.87. The molecule has 0 aliphatic heterocycles. The maximum atomic E-state index is 13.1. The highest BCUT2D eigenvalue weighted by molar-refractivity contribution is 7.94. The molecule has 0 aromatic heterocycles. The molecule has 194 valence electrons. The summed E-state index contributed by atoms with van der Waals surface area (Å²) in [6, 6.07) is 2.27. The van der Waals surface area contributed by atoms with Gasteiger partial charge in [-0.15, -0.1) is 0 Å². The maximum Gasteiger partial charge on any atom is 0.346 e. The van der Waals surface area contributed by atoms with Crippen LogP contribution in [0.2, 0.25) is 0 Å². The largest absolute Gasteiger partial charge is 0.691 e. The molecule has 2 saturated carbocycles. The molecule has 3 rings (SSSR count). The summed E-state index contributed by atoms with van der Waals surface area (Å²) in [6.07, 6.45) is 12.6. The summed E-state index contributed by atoms with van der Waals surface area (Å²) in [4.78, 5) is 37.0. The first-order valence-electron chi connectivity index (χ1n) is 12.3. The number of carbonyl (C=O) groups excluding carboxylic acids is 2. The number of nitrogens with zero attached hydrogens (tertiary/aromatic N) is 1. The topological polar surface area (TPSA) is 137 Å². The Morgan fingerprint density at radius 3 is 1.86 bits per heavy atom. The molecule has 1 aromatic rings. The molecule has 1 aromatic carbocycles. The van der Waals surface area contributed by atoms with E-state index in [1.165, 1.54) is 18.9 Å². The summed E-state index contributed by atoms with van der Waals surface area (Å²) in [6.45, 7) is 0.208. The molecule has 0 atom stereocenters. The Kier molecular flexibility index (Phi) is 11.2. The molecule has 0 heterocycles. The van der Waals surface area contributed by atoms with Crippen LogP contribution in [0.3, 0.4) is 0 Å². The van der Waals surface area contributed by atoms with Crippen molar-refractivity contribution in [3.63, 3.8) is 0 Å². The van der Waals surface area contributed by atoms with Gasteiger partial charge in [-0.05, 0) is 30.7 Å². The van der Waals surface area contributed by atoms with Gasteiger partial charge in [-0.1, -0.05) is 64.2 Å². The first-order valence-corrected chi connectivity index (χ1v) is 13.0. The van der Waals surface area contributed by atoms with E-state index in [-0.39, 0.29) is 23.7 Å². The Morgan fingerprint density at radius 2 is 1.37 bits per heavy atom. The van der Waals surface area contributed by atoms with Crippen molar-refractivity contribution < 1.29 is 38.6 Å². The smallest absolute Gasteiger partial charge is 0.346 e. The molecule has 0 amide bonds. The fourth-order valence-electron chi connectivity index (χ4n) is 4.99. The lowest BCUT2D eigenvalue weighted by atomic mass is 9.87. The zero-order chi connectivity index (χ0) is 25.0. The lowest BCUT2D eigenvalue weighted by Gasteiger charge is -2.21. The van der Waals surface area contributed by atoms with Crippen molar-refractivity contribution in [2.75, 3.05) is 13.2 Å². The van der Waals surface area contributed by atoms with E-state index >= 15 is 0 Å². The van der Waals surface area contributed by atoms with Gasteiger partial charge >= 0.3 is 11.9 Å². The van der Waals surface area contributed by atoms with E-state index in [2.05, 4.69) is 9.37 Å². The van der Waals surface area contributed by atoms with E-state index < -0.39 is 28.1 Å². The van der Waals surface area contributed by atoms with Crippen LogP contribution in [0.15, 0.2) is 17.0 Å². The predicted molar refractivity (Wildman–Crippen MR) is 124 cm³/mol. The van der Waals surface area contributed by atoms with Crippen LogP contribution in [-0.4, -0.2) is 30.1 Å². The predicted octanol–water partition coefficient (Wildman–Crippen LogP) is 5.08. The number of hydrogen-bond donors (Lipinski definition) is 0. The van der Waals surface area contributed by atoms with E-state index in [9.17, 15) is 25.0 Å². The minimum absolute atomic E-state index is 0.0200. The molecular weight excluding hydrogens is 478 g/mol. The summed E-state index contributed by atoms with van der Waals surface area (Å²) >= 11 is 0.370. The first kappa shape index (κ1) is 27.4. The Morgan fingerprint density at radius 1 is 0.857 bits per heavy atom. The molecule has 0 radical (unpaired) electrons. The van der Waals surface area contributed by atoms with E-state index in [0.29, 0.717) is 36.7 Å². The van der Waals surface area contributed by atoms with Gasteiger partial charge in [0.05, 0.1) is 40.6 Å². The molecule has 11 heteroatoms. The molecular formula is C24H32NO9S-. The monoisotopic (exact) mass is 510 g/mol. The molecule has 0 N–H and O–H groups in total. The second-order valence-corrected chi connectivity index (χ2v) is 9.91. The van der Waals surface area contributed by atoms with Crippen molar-refractivity contribution in [3.8, 4) is 0 Å². The molecule has 2 fully saturated rings. The fourth-order valence-corrected chi connectivity index (χ4v) is 5.48. The number of nitro benzene ring substituents is 1. The number of hydrogen-bond acceptors (Lipinski definition) is 10. The third-order valence-corrected chi connectivity index (χ3v) is 7.51. The van der Waals surface area contributed by atoms with Crippen LogP contribution in [-0.2, 0) is 18.8 Å². The van der Waals surface area contributed by atoms with E-state index in [1.54, 1.807) is 0 Å². The summed E-state index contributed by atoms with van der Waals surface area (Å²) in [5.41, 5.74) is -1.47. The molecule has 0 bridgehead atoms. The van der Waals surface area contributed by atoms with Crippen LogP contribution >= 0.6 is 12.0 Å². The summed E-state index contributed by atoms with van der Waals surface area (Å²) < 4.78 is 15.1. The first-order chi connectivity index (χ1) is 17.0. The molecule has 2 aliphatic rings. The minimum Gasteiger partial charge on any atom is -0.691 e. The maximum absolute atomic E-state index is 13.1. The Bertz CT molecular complexity index is 867. The van der Waals surface area contributed by atoms with Crippen LogP contribution in [0.1, 0.15) is 97.8 Å². The van der Waals surface area contributed by atoms with Gasteiger partial charge in [0.15, 0.2) is 5.56 Å². The second kappa shape index (κ2) is 14.4. The zero-order valence-corrected chi connectivity index (χ0v) is 20.6. The summed E-state index contributed by atoms with van der Waals surface area (Å²) in [5.74, 6) is -1.00. The van der Waals surface area contributed by atoms with Gasteiger partial charge in [0.25, 0.3) is 5.69 Å². The lowest BCUT2D eigenvalue weighted by molar-refractivity contribution is -0.777. The van der Waals surface area contributed by atoms with Crippen molar-refractivity contribution in [1.29, 1.82) is 0 Å². The third kappa shape index (κ3) is 8.16. The Hall–Kier alpha value is -2.21. The van der Waals surface area contributed by atoms with Crippen molar-refractivity contribution in [3.05, 3.63) is 33.4 Å². The second-order valence-electron chi connectivity index (χ2n) is 9.17. The average Bonchev–Trinajstić information content (AvgIpc) is 2.87. The van der Waals surface area contributed by atoms with E-state index in [1.807, 2.05) is 0 Å². The van der Waals surface area contributed by atoms with Crippen LogP contribution in [0.25, 0.3) is 0 Å². The standard InChI is InChI=1S/C24H33NO9S/c26-23(31-15-13-17-7-3-1-4-8-17)21-19(25(28)29)11-12-20(35-34-33-30)22(21)24(27)32-16-14-18-9-5-2-6-10-18/h11-12,17-18,30H,1-10,13-16H2/p-1. The lowest BCUT2D eigenvalue weighted by Crippen LogP contribution is -2.20. The highest BCUT2D eigenvalue weighted by Crippen LogP contribution is 2.34. The van der Waals surface area contributed by atoms with Gasteiger partial charge in [-0.3, -0.25) is 15.2 Å². The molecule has 10 nitrogen and oxygen atoms in total. The molecule has 35 heavy (non-hydrogen) atoms. The number of nitro groups is 1. The number of carbonyl (C=O) groups is 2. The average molecular weight is 511 g/mol. The minimum atomic E-state index is -0.989. The highest BCUT2D eigenvalue weighted by atomic mass is 32.2. The Labute approximate surface area is 208 Å². The quantitative estimate of drug-likeness (QED) is 0.123. The molecule has 0 saturated heterocycles. The van der Waals surface area contributed by atoms with Crippen molar-refractivity contribution in [2.45, 2.75) is 81.9 Å². The van der Waals surface area contributed by atoms with Gasteiger partial charge < -0.3 is 14.7 Å². The fraction of sp³-hybridized carbons (Fsp3) is 0.667. The highest BCUT2D eigenvalue weighted by Gasteiger charge is 2.33. The van der Waals surface area contributed by atoms with Crippen LogP contribution in [0.5, 0.6) is 0 Å². The van der Waals surface area contributed by atoms with Gasteiger partial charge in [0, 0.05) is 6.07 Å². The van der Waals surface area contributed by atoms with Crippen LogP contribution < -0.4 is 5.26 Å². The number of esters is 2. The molecule has 0 spiro atoms. The Balaban J connectivity index is 1.77. The van der Waals surface area contributed by atoms with Gasteiger partial charge in [0.1, 0.15) is 0 Å². The molecule has 0 unspecified atom stereocenters. The summed E-state index contributed by atoms with van der Waals surface area (Å²) in [7, 11) is 0. The van der Waals surface area contributed by atoms with E-state index in [4.69, 9.17) is 9.47 Å². The van der Waals surface area contributed by atoms with Gasteiger partial charge in [-0.25, -0.2) is 9.59 Å². The van der Waals surface area contributed by atoms with Gasteiger partial charge in [-0.2, -0.15) is 4.33 Å². The van der Waals surface area contributed by atoms with Crippen molar-refractivity contribution in [1.82, 2.24) is 0 Å². The number of ether oxygens (including phenoxy) is 2. The number of benzene rings is 1. The normalized spacial score (nSPS) is 17.2. The van der Waals surface area contributed by atoms with Crippen LogP contribution in [0, 0.1) is 22.0 Å². The van der Waals surface area contributed by atoms with Crippen molar-refractivity contribution in [2.24, 2.45) is 11.8 Å².